The van der Waals surface area contributed by atoms with Crippen molar-refractivity contribution < 1.29 is 9.84 Å². The molecule has 0 radical (unpaired) electrons. The summed E-state index contributed by atoms with van der Waals surface area (Å²) in [4.78, 5) is 0. The largest absolute Gasteiger partial charge is 0.496 e. The van der Waals surface area contributed by atoms with Gasteiger partial charge in [0, 0.05) is 10.6 Å². The standard InChI is InChI=1S/C14H17ClO2/c1-17-13-8-7-11(15)9-12(13)14(16)10-5-3-2-4-6-10/h5,7-9,14,16H,2-4,6H2,1H3. The smallest absolute Gasteiger partial charge is 0.125 e. The molecule has 17 heavy (non-hydrogen) atoms. The van der Waals surface area contributed by atoms with E-state index in [1.165, 1.54) is 6.42 Å². The van der Waals surface area contributed by atoms with Gasteiger partial charge in [0.2, 0.25) is 0 Å². The number of benzene rings is 1. The van der Waals surface area contributed by atoms with E-state index in [-0.39, 0.29) is 0 Å². The fraction of sp³-hybridized carbons (Fsp3) is 0.429. The van der Waals surface area contributed by atoms with Gasteiger partial charge in [-0.1, -0.05) is 17.7 Å². The highest BCUT2D eigenvalue weighted by Gasteiger charge is 2.19. The Labute approximate surface area is 107 Å². The normalized spacial score (nSPS) is 17.5. The molecule has 1 unspecified atom stereocenters. The molecule has 1 aliphatic carbocycles. The molecule has 0 amide bonds. The zero-order valence-electron chi connectivity index (χ0n) is 9.95. The van der Waals surface area contributed by atoms with Crippen molar-refractivity contribution in [1.82, 2.24) is 0 Å². The molecule has 2 rings (SSSR count). The maximum atomic E-state index is 10.4. The van der Waals surface area contributed by atoms with E-state index in [0.717, 1.165) is 30.4 Å². The van der Waals surface area contributed by atoms with Crippen LogP contribution < -0.4 is 4.74 Å². The van der Waals surface area contributed by atoms with Crippen LogP contribution in [0, 0.1) is 0 Å². The van der Waals surface area contributed by atoms with Gasteiger partial charge >= 0.3 is 0 Å². The molecule has 1 aromatic rings. The summed E-state index contributed by atoms with van der Waals surface area (Å²) in [5.41, 5.74) is 1.84. The molecular formula is C14H17ClO2. The minimum Gasteiger partial charge on any atom is -0.496 e. The summed E-state index contributed by atoms with van der Waals surface area (Å²) in [6.07, 6.45) is 5.90. The van der Waals surface area contributed by atoms with E-state index in [9.17, 15) is 5.11 Å². The molecule has 0 heterocycles. The lowest BCUT2D eigenvalue weighted by Crippen LogP contribution is -2.06. The predicted molar refractivity (Wildman–Crippen MR) is 69.5 cm³/mol. The third-order valence-electron chi connectivity index (χ3n) is 3.16. The fourth-order valence-electron chi connectivity index (χ4n) is 2.23. The number of aliphatic hydroxyl groups excluding tert-OH is 1. The van der Waals surface area contributed by atoms with Crippen LogP contribution in [0.1, 0.15) is 37.4 Å². The van der Waals surface area contributed by atoms with E-state index in [1.807, 2.05) is 0 Å². The second kappa shape index (κ2) is 5.56. The van der Waals surface area contributed by atoms with Crippen molar-refractivity contribution in [3.05, 3.63) is 40.4 Å². The van der Waals surface area contributed by atoms with Crippen LogP contribution >= 0.6 is 11.6 Å². The summed E-state index contributed by atoms with van der Waals surface area (Å²) in [5, 5.41) is 11.0. The Balaban J connectivity index is 2.31. The summed E-state index contributed by atoms with van der Waals surface area (Å²) in [6, 6.07) is 5.34. The van der Waals surface area contributed by atoms with Gasteiger partial charge in [-0.05, 0) is 49.5 Å². The van der Waals surface area contributed by atoms with Gasteiger partial charge in [-0.15, -0.1) is 0 Å². The second-order valence-corrected chi connectivity index (χ2v) is 4.75. The SMILES string of the molecule is COc1ccc(Cl)cc1C(O)C1=CCCCC1. The van der Waals surface area contributed by atoms with Crippen LogP contribution in [0.4, 0.5) is 0 Å². The summed E-state index contributed by atoms with van der Waals surface area (Å²) in [6.45, 7) is 0. The van der Waals surface area contributed by atoms with Crippen molar-refractivity contribution in [2.45, 2.75) is 31.8 Å². The van der Waals surface area contributed by atoms with Crippen LogP contribution in [-0.2, 0) is 0 Å². The average molecular weight is 253 g/mol. The highest BCUT2D eigenvalue weighted by molar-refractivity contribution is 6.30. The predicted octanol–water partition coefficient (Wildman–Crippen LogP) is 3.88. The molecule has 1 aliphatic rings. The Hall–Kier alpha value is -0.990. The van der Waals surface area contributed by atoms with E-state index < -0.39 is 6.10 Å². The first-order valence-corrected chi connectivity index (χ1v) is 6.30. The van der Waals surface area contributed by atoms with E-state index in [0.29, 0.717) is 10.8 Å². The quantitative estimate of drug-likeness (QED) is 0.828. The molecule has 0 spiro atoms. The van der Waals surface area contributed by atoms with Crippen LogP contribution in [-0.4, -0.2) is 12.2 Å². The summed E-state index contributed by atoms with van der Waals surface area (Å²) in [5.74, 6) is 0.688. The lowest BCUT2D eigenvalue weighted by molar-refractivity contribution is 0.203. The number of ether oxygens (including phenoxy) is 1. The van der Waals surface area contributed by atoms with Crippen molar-refractivity contribution in [1.29, 1.82) is 0 Å². The number of aliphatic hydroxyl groups is 1. The minimum absolute atomic E-state index is 0.594. The second-order valence-electron chi connectivity index (χ2n) is 4.31. The lowest BCUT2D eigenvalue weighted by atomic mass is 9.91. The van der Waals surface area contributed by atoms with Gasteiger partial charge in [-0.3, -0.25) is 0 Å². The van der Waals surface area contributed by atoms with Gasteiger partial charge in [0.25, 0.3) is 0 Å². The van der Waals surface area contributed by atoms with Crippen LogP contribution in [0.3, 0.4) is 0 Å². The van der Waals surface area contributed by atoms with Crippen LogP contribution in [0.2, 0.25) is 5.02 Å². The van der Waals surface area contributed by atoms with Crippen LogP contribution in [0.25, 0.3) is 0 Å². The first-order chi connectivity index (χ1) is 8.22. The fourth-order valence-corrected chi connectivity index (χ4v) is 2.41. The number of halogens is 1. The molecular weight excluding hydrogens is 236 g/mol. The number of methoxy groups -OCH3 is 1. The van der Waals surface area contributed by atoms with Gasteiger partial charge in [0.15, 0.2) is 0 Å². The maximum absolute atomic E-state index is 10.4. The highest BCUT2D eigenvalue weighted by Crippen LogP contribution is 2.35. The zero-order valence-corrected chi connectivity index (χ0v) is 10.7. The third kappa shape index (κ3) is 2.82. The summed E-state index contributed by atoms with van der Waals surface area (Å²) < 4.78 is 5.27. The monoisotopic (exact) mass is 252 g/mol. The Kier molecular flexibility index (Phi) is 4.08. The minimum atomic E-state index is -0.594. The molecule has 3 heteroatoms. The molecule has 1 atom stereocenters. The van der Waals surface area contributed by atoms with Crippen molar-refractivity contribution >= 4 is 11.6 Å². The molecule has 0 saturated heterocycles. The van der Waals surface area contributed by atoms with Crippen LogP contribution in [0.15, 0.2) is 29.8 Å². The molecule has 1 aromatic carbocycles. The van der Waals surface area contributed by atoms with Crippen LogP contribution in [0.5, 0.6) is 5.75 Å². The first-order valence-electron chi connectivity index (χ1n) is 5.93. The van der Waals surface area contributed by atoms with Crippen molar-refractivity contribution in [3.63, 3.8) is 0 Å². The Morgan fingerprint density at radius 1 is 1.35 bits per heavy atom. The zero-order chi connectivity index (χ0) is 12.3. The molecule has 0 aliphatic heterocycles. The Morgan fingerprint density at radius 2 is 2.18 bits per heavy atom. The topological polar surface area (TPSA) is 29.5 Å². The molecule has 0 saturated carbocycles. The molecule has 0 aromatic heterocycles. The van der Waals surface area contributed by atoms with Crippen molar-refractivity contribution in [3.8, 4) is 5.75 Å². The van der Waals surface area contributed by atoms with Gasteiger partial charge < -0.3 is 9.84 Å². The number of allylic oxidation sites excluding steroid dienone is 1. The van der Waals surface area contributed by atoms with Gasteiger partial charge in [0.05, 0.1) is 7.11 Å². The van der Waals surface area contributed by atoms with Gasteiger partial charge in [-0.25, -0.2) is 0 Å². The van der Waals surface area contributed by atoms with Gasteiger partial charge in [0.1, 0.15) is 11.9 Å². The van der Waals surface area contributed by atoms with Gasteiger partial charge in [-0.2, -0.15) is 0 Å². The van der Waals surface area contributed by atoms with E-state index in [4.69, 9.17) is 16.3 Å². The van der Waals surface area contributed by atoms with E-state index >= 15 is 0 Å². The van der Waals surface area contributed by atoms with Crippen molar-refractivity contribution in [2.24, 2.45) is 0 Å². The van der Waals surface area contributed by atoms with E-state index in [1.54, 1.807) is 25.3 Å². The molecule has 0 bridgehead atoms. The lowest BCUT2D eigenvalue weighted by Gasteiger charge is -2.21. The highest BCUT2D eigenvalue weighted by atomic mass is 35.5. The molecule has 2 nitrogen and oxygen atoms in total. The first kappa shape index (κ1) is 12.5. The Bertz CT molecular complexity index is 426. The van der Waals surface area contributed by atoms with E-state index in [2.05, 4.69) is 6.08 Å². The summed E-state index contributed by atoms with van der Waals surface area (Å²) >= 11 is 5.97. The summed E-state index contributed by atoms with van der Waals surface area (Å²) in [7, 11) is 1.61. The third-order valence-corrected chi connectivity index (χ3v) is 3.40. The molecule has 92 valence electrons. The average Bonchev–Trinajstić information content (AvgIpc) is 2.39. The number of rotatable bonds is 3. The number of hydrogen-bond donors (Lipinski definition) is 1. The van der Waals surface area contributed by atoms with Crippen molar-refractivity contribution in [2.75, 3.05) is 7.11 Å². The molecule has 0 fully saturated rings. The molecule has 1 N–H and O–H groups in total. The number of hydrogen-bond acceptors (Lipinski definition) is 2. The Morgan fingerprint density at radius 3 is 2.82 bits per heavy atom. The maximum Gasteiger partial charge on any atom is 0.125 e.